The van der Waals surface area contributed by atoms with Crippen LogP contribution >= 0.6 is 11.6 Å². The lowest BCUT2D eigenvalue weighted by Gasteiger charge is -2.25. The Morgan fingerprint density at radius 1 is 1.23 bits per heavy atom. The van der Waals surface area contributed by atoms with Crippen LogP contribution in [-0.4, -0.2) is 36.9 Å². The average Bonchev–Trinajstić information content (AvgIpc) is 3.37. The van der Waals surface area contributed by atoms with E-state index in [9.17, 15) is 4.79 Å². The molecule has 0 atom stereocenters. The zero-order valence-electron chi connectivity index (χ0n) is 20.5. The molecule has 1 aromatic carbocycles. The van der Waals surface area contributed by atoms with E-state index in [1.165, 1.54) is 0 Å². The molecule has 3 aromatic heterocycles. The maximum absolute atomic E-state index is 12.7. The monoisotopic (exact) mass is 491 g/mol. The molecule has 0 aliphatic heterocycles. The number of hydrogen-bond acceptors (Lipinski definition) is 5. The number of fused-ring (bicyclic) bond motifs is 1. The highest BCUT2D eigenvalue weighted by Gasteiger charge is 2.20. The molecule has 0 fully saturated rings. The standard InChI is InChI=1S/C27H30ClN5O2/c1-5-10-32(27(34)18(2)3)15-20-13-30-14-23(28)22(20)16-35-25-8-6-7-21-24(33-11-9-29-17-33)12-19(4)31-26(21)25/h6-9,11-14,17-18H,5,10,15-16H2,1-4H3. The first-order valence-electron chi connectivity index (χ1n) is 11.8. The summed E-state index contributed by atoms with van der Waals surface area (Å²) in [6, 6.07) is 7.91. The fourth-order valence-electron chi connectivity index (χ4n) is 4.12. The SMILES string of the molecule is CCCN(Cc1cncc(Cl)c1COc1cccc2c(-n3ccnc3)cc(C)nc12)C(=O)C(C)C. The molecule has 4 aromatic rings. The number of benzene rings is 1. The Morgan fingerprint density at radius 3 is 2.77 bits per heavy atom. The van der Waals surface area contributed by atoms with Gasteiger partial charge >= 0.3 is 0 Å². The van der Waals surface area contributed by atoms with E-state index < -0.39 is 0 Å². The molecule has 0 aliphatic rings. The number of carbonyl (C=O) groups is 1. The quantitative estimate of drug-likeness (QED) is 0.298. The number of para-hydroxylation sites is 1. The summed E-state index contributed by atoms with van der Waals surface area (Å²) >= 11 is 6.56. The number of nitrogens with zero attached hydrogens (tertiary/aromatic N) is 5. The van der Waals surface area contributed by atoms with Gasteiger partial charge in [0.05, 0.1) is 17.0 Å². The second-order valence-electron chi connectivity index (χ2n) is 8.87. The molecular formula is C27H30ClN5O2. The minimum atomic E-state index is -0.0805. The van der Waals surface area contributed by atoms with Crippen LogP contribution in [0.3, 0.4) is 0 Å². The largest absolute Gasteiger partial charge is 0.487 e. The number of rotatable bonds is 9. The third kappa shape index (κ3) is 5.46. The Bertz CT molecular complexity index is 1320. The van der Waals surface area contributed by atoms with Gasteiger partial charge in [-0.3, -0.25) is 9.78 Å². The van der Waals surface area contributed by atoms with E-state index in [4.69, 9.17) is 21.3 Å². The lowest BCUT2D eigenvalue weighted by Crippen LogP contribution is -2.34. The van der Waals surface area contributed by atoms with Crippen molar-refractivity contribution in [2.75, 3.05) is 6.54 Å². The zero-order valence-corrected chi connectivity index (χ0v) is 21.3. The number of amides is 1. The molecule has 0 saturated carbocycles. The molecule has 0 radical (unpaired) electrons. The average molecular weight is 492 g/mol. The van der Waals surface area contributed by atoms with Gasteiger partial charge in [0.25, 0.3) is 0 Å². The molecule has 7 nitrogen and oxygen atoms in total. The minimum Gasteiger partial charge on any atom is -0.487 e. The van der Waals surface area contributed by atoms with Gasteiger partial charge in [-0.25, -0.2) is 9.97 Å². The van der Waals surface area contributed by atoms with Crippen LogP contribution in [-0.2, 0) is 17.9 Å². The highest BCUT2D eigenvalue weighted by atomic mass is 35.5. The normalized spacial score (nSPS) is 11.3. The second-order valence-corrected chi connectivity index (χ2v) is 9.27. The molecule has 0 unspecified atom stereocenters. The maximum Gasteiger partial charge on any atom is 0.225 e. The first-order valence-corrected chi connectivity index (χ1v) is 12.2. The number of aromatic nitrogens is 4. The first-order chi connectivity index (χ1) is 16.9. The van der Waals surface area contributed by atoms with Crippen molar-refractivity contribution in [3.05, 3.63) is 77.2 Å². The number of imidazole rings is 1. The van der Waals surface area contributed by atoms with Crippen LogP contribution in [0.25, 0.3) is 16.6 Å². The molecule has 182 valence electrons. The third-order valence-corrected chi connectivity index (χ3v) is 6.14. The van der Waals surface area contributed by atoms with E-state index in [1.54, 1.807) is 24.9 Å². The molecule has 35 heavy (non-hydrogen) atoms. The van der Waals surface area contributed by atoms with Gasteiger partial charge in [0.2, 0.25) is 5.91 Å². The first kappa shape index (κ1) is 24.7. The number of carbonyl (C=O) groups excluding carboxylic acids is 1. The van der Waals surface area contributed by atoms with Crippen molar-refractivity contribution in [1.29, 1.82) is 0 Å². The molecule has 0 saturated heterocycles. The number of pyridine rings is 2. The van der Waals surface area contributed by atoms with Crippen molar-refractivity contribution < 1.29 is 9.53 Å². The molecule has 0 spiro atoms. The molecule has 3 heterocycles. The van der Waals surface area contributed by atoms with Crippen molar-refractivity contribution in [3.8, 4) is 11.4 Å². The highest BCUT2D eigenvalue weighted by Crippen LogP contribution is 2.31. The zero-order chi connectivity index (χ0) is 24.9. The number of hydrogen-bond donors (Lipinski definition) is 0. The van der Waals surface area contributed by atoms with Crippen molar-refractivity contribution in [1.82, 2.24) is 24.4 Å². The number of halogens is 1. The van der Waals surface area contributed by atoms with Gasteiger partial charge in [-0.1, -0.05) is 44.5 Å². The van der Waals surface area contributed by atoms with Crippen LogP contribution in [0, 0.1) is 12.8 Å². The summed E-state index contributed by atoms with van der Waals surface area (Å²) in [5.41, 5.74) is 4.33. The number of aryl methyl sites for hydroxylation is 1. The van der Waals surface area contributed by atoms with Crippen LogP contribution < -0.4 is 4.74 Å². The van der Waals surface area contributed by atoms with Crippen LogP contribution in [0.5, 0.6) is 5.75 Å². The summed E-state index contributed by atoms with van der Waals surface area (Å²) in [6.07, 6.45) is 9.68. The van der Waals surface area contributed by atoms with Crippen molar-refractivity contribution >= 4 is 28.4 Å². The minimum absolute atomic E-state index is 0.0805. The van der Waals surface area contributed by atoms with Gasteiger partial charge in [-0.05, 0) is 31.0 Å². The summed E-state index contributed by atoms with van der Waals surface area (Å²) in [6.45, 7) is 9.21. The smallest absolute Gasteiger partial charge is 0.225 e. The summed E-state index contributed by atoms with van der Waals surface area (Å²) in [4.78, 5) is 27.8. The molecule has 4 rings (SSSR count). The molecule has 1 amide bonds. The van der Waals surface area contributed by atoms with E-state index in [0.717, 1.165) is 39.8 Å². The lowest BCUT2D eigenvalue weighted by atomic mass is 10.1. The lowest BCUT2D eigenvalue weighted by molar-refractivity contribution is -0.135. The fraction of sp³-hybridized carbons (Fsp3) is 0.333. The molecule has 0 N–H and O–H groups in total. The Balaban J connectivity index is 1.65. The number of ether oxygens (including phenoxy) is 1. The topological polar surface area (TPSA) is 73.1 Å². The van der Waals surface area contributed by atoms with Gasteiger partial charge in [-0.15, -0.1) is 0 Å². The third-order valence-electron chi connectivity index (χ3n) is 5.82. The van der Waals surface area contributed by atoms with Crippen LogP contribution in [0.2, 0.25) is 5.02 Å². The van der Waals surface area contributed by atoms with Crippen LogP contribution in [0.4, 0.5) is 0 Å². The van der Waals surface area contributed by atoms with Crippen LogP contribution in [0.15, 0.2) is 55.4 Å². The Labute approximate surface area is 210 Å². The summed E-state index contributed by atoms with van der Waals surface area (Å²) in [5, 5.41) is 1.48. The van der Waals surface area contributed by atoms with Gasteiger partial charge in [-0.2, -0.15) is 0 Å². The predicted molar refractivity (Wildman–Crippen MR) is 138 cm³/mol. The van der Waals surface area contributed by atoms with Crippen LogP contribution in [0.1, 0.15) is 44.0 Å². The fourth-order valence-corrected chi connectivity index (χ4v) is 4.35. The second kappa shape index (κ2) is 10.9. The Hall–Kier alpha value is -3.45. The predicted octanol–water partition coefficient (Wildman–Crippen LogP) is 5.75. The van der Waals surface area contributed by atoms with Crippen molar-refractivity contribution in [2.24, 2.45) is 5.92 Å². The summed E-state index contributed by atoms with van der Waals surface area (Å²) in [5.74, 6) is 0.692. The maximum atomic E-state index is 12.7. The summed E-state index contributed by atoms with van der Waals surface area (Å²) < 4.78 is 8.27. The van der Waals surface area contributed by atoms with Gasteiger partial charge in [0.1, 0.15) is 17.9 Å². The Morgan fingerprint density at radius 2 is 2.06 bits per heavy atom. The van der Waals surface area contributed by atoms with E-state index in [0.29, 0.717) is 23.9 Å². The van der Waals surface area contributed by atoms with E-state index in [-0.39, 0.29) is 18.4 Å². The highest BCUT2D eigenvalue weighted by molar-refractivity contribution is 6.31. The molecule has 8 heteroatoms. The van der Waals surface area contributed by atoms with Gasteiger partial charge < -0.3 is 14.2 Å². The summed E-state index contributed by atoms with van der Waals surface area (Å²) in [7, 11) is 0. The Kier molecular flexibility index (Phi) is 7.66. The van der Waals surface area contributed by atoms with Gasteiger partial charge in [0, 0.05) is 60.4 Å². The molecule has 0 bridgehead atoms. The van der Waals surface area contributed by atoms with E-state index in [1.807, 2.05) is 60.7 Å². The van der Waals surface area contributed by atoms with E-state index >= 15 is 0 Å². The molecular weight excluding hydrogens is 462 g/mol. The molecule has 0 aliphatic carbocycles. The van der Waals surface area contributed by atoms with Crippen molar-refractivity contribution in [3.63, 3.8) is 0 Å². The van der Waals surface area contributed by atoms with Gasteiger partial charge in [0.15, 0.2) is 0 Å². The van der Waals surface area contributed by atoms with E-state index in [2.05, 4.69) is 16.9 Å². The van der Waals surface area contributed by atoms with Crippen molar-refractivity contribution in [2.45, 2.75) is 47.3 Å².